The highest BCUT2D eigenvalue weighted by Crippen LogP contribution is 2.28. The van der Waals surface area contributed by atoms with Crippen molar-refractivity contribution in [2.24, 2.45) is 5.73 Å². The number of aryl methyl sites for hydroxylation is 2. The van der Waals surface area contributed by atoms with Crippen LogP contribution < -0.4 is 11.3 Å². The predicted octanol–water partition coefficient (Wildman–Crippen LogP) is 2.05. The molecule has 27 heavy (non-hydrogen) atoms. The molecule has 9 heteroatoms. The standard InChI is InChI=1S/C18H24N4O3S2/c1-4-21-17(25)14-10(2)11(3)27-16(14)20-18(21)26-9-13(23)22-8-6-5-7-12(22)15(19)24/h12H,4-9H2,1-3H3,(H2,19,24)/t12-/m0/s1. The van der Waals surface area contributed by atoms with Crippen molar-refractivity contribution in [3.63, 3.8) is 0 Å². The molecule has 2 N–H and O–H groups in total. The molecule has 0 radical (unpaired) electrons. The van der Waals surface area contributed by atoms with Crippen LogP contribution in [0.25, 0.3) is 10.2 Å². The summed E-state index contributed by atoms with van der Waals surface area (Å²) >= 11 is 2.75. The first kappa shape index (κ1) is 19.9. The van der Waals surface area contributed by atoms with E-state index in [0.717, 1.165) is 23.3 Å². The summed E-state index contributed by atoms with van der Waals surface area (Å²) in [5, 5.41) is 1.21. The number of fused-ring (bicyclic) bond motifs is 1. The van der Waals surface area contributed by atoms with Crippen molar-refractivity contribution in [2.45, 2.75) is 57.8 Å². The van der Waals surface area contributed by atoms with Crippen molar-refractivity contribution in [3.8, 4) is 0 Å². The number of carbonyl (C=O) groups excluding carboxylic acids is 2. The van der Waals surface area contributed by atoms with Crippen LogP contribution in [0.15, 0.2) is 9.95 Å². The van der Waals surface area contributed by atoms with Crippen LogP contribution in [0.4, 0.5) is 0 Å². The van der Waals surface area contributed by atoms with Gasteiger partial charge in [-0.15, -0.1) is 11.3 Å². The van der Waals surface area contributed by atoms with Gasteiger partial charge in [0.2, 0.25) is 11.8 Å². The van der Waals surface area contributed by atoms with E-state index >= 15 is 0 Å². The number of rotatable bonds is 5. The molecule has 0 unspecified atom stereocenters. The molecule has 1 saturated heterocycles. The number of thiophene rings is 1. The lowest BCUT2D eigenvalue weighted by Gasteiger charge is -2.33. The highest BCUT2D eigenvalue weighted by molar-refractivity contribution is 7.99. The fourth-order valence-electron chi connectivity index (χ4n) is 3.43. The number of thioether (sulfide) groups is 1. The largest absolute Gasteiger partial charge is 0.368 e. The summed E-state index contributed by atoms with van der Waals surface area (Å²) in [6.45, 7) is 6.84. The van der Waals surface area contributed by atoms with Gasteiger partial charge in [0.15, 0.2) is 5.16 Å². The maximum absolute atomic E-state index is 12.9. The fourth-order valence-corrected chi connectivity index (χ4v) is 5.45. The van der Waals surface area contributed by atoms with Crippen LogP contribution in [-0.2, 0) is 16.1 Å². The van der Waals surface area contributed by atoms with Gasteiger partial charge in [-0.2, -0.15) is 0 Å². The van der Waals surface area contributed by atoms with Gasteiger partial charge in [0.25, 0.3) is 5.56 Å². The van der Waals surface area contributed by atoms with Gasteiger partial charge in [-0.05, 0) is 45.6 Å². The lowest BCUT2D eigenvalue weighted by molar-refractivity contribution is -0.138. The number of amides is 2. The second-order valence-electron chi connectivity index (χ2n) is 6.70. The van der Waals surface area contributed by atoms with Gasteiger partial charge in [-0.1, -0.05) is 11.8 Å². The number of likely N-dealkylation sites (tertiary alicyclic amines) is 1. The molecule has 3 rings (SSSR count). The number of aromatic nitrogens is 2. The Morgan fingerprint density at radius 2 is 2.07 bits per heavy atom. The predicted molar refractivity (Wildman–Crippen MR) is 108 cm³/mol. The Morgan fingerprint density at radius 1 is 1.33 bits per heavy atom. The van der Waals surface area contributed by atoms with Crippen LogP contribution in [0.3, 0.4) is 0 Å². The Labute approximate surface area is 165 Å². The second kappa shape index (κ2) is 8.02. The summed E-state index contributed by atoms with van der Waals surface area (Å²) in [6, 6.07) is -0.529. The van der Waals surface area contributed by atoms with Gasteiger partial charge in [0, 0.05) is 18.0 Å². The van der Waals surface area contributed by atoms with Gasteiger partial charge < -0.3 is 10.6 Å². The second-order valence-corrected chi connectivity index (χ2v) is 8.84. The third-order valence-corrected chi connectivity index (χ3v) is 7.11. The topological polar surface area (TPSA) is 98.3 Å². The maximum Gasteiger partial charge on any atom is 0.263 e. The SMILES string of the molecule is CCn1c(SCC(=O)N2CCCC[C@H]2C(N)=O)nc2sc(C)c(C)c2c1=O. The van der Waals surface area contributed by atoms with Crippen molar-refractivity contribution in [2.75, 3.05) is 12.3 Å². The number of hydrogen-bond donors (Lipinski definition) is 1. The highest BCUT2D eigenvalue weighted by atomic mass is 32.2. The zero-order chi connectivity index (χ0) is 19.7. The lowest BCUT2D eigenvalue weighted by Crippen LogP contribution is -2.51. The van der Waals surface area contributed by atoms with E-state index in [2.05, 4.69) is 4.98 Å². The van der Waals surface area contributed by atoms with Crippen molar-refractivity contribution < 1.29 is 9.59 Å². The first-order chi connectivity index (χ1) is 12.8. The van der Waals surface area contributed by atoms with E-state index in [1.165, 1.54) is 23.1 Å². The Kier molecular flexibility index (Phi) is 5.90. The summed E-state index contributed by atoms with van der Waals surface area (Å²) in [4.78, 5) is 45.2. The Morgan fingerprint density at radius 3 is 2.74 bits per heavy atom. The van der Waals surface area contributed by atoms with Gasteiger partial charge in [-0.3, -0.25) is 19.0 Å². The van der Waals surface area contributed by atoms with E-state index in [1.54, 1.807) is 9.47 Å². The van der Waals surface area contributed by atoms with Gasteiger partial charge in [-0.25, -0.2) is 4.98 Å². The van der Waals surface area contributed by atoms with Crippen LogP contribution in [0.1, 0.15) is 36.6 Å². The molecule has 146 valence electrons. The molecule has 2 aromatic heterocycles. The normalized spacial score (nSPS) is 17.4. The third kappa shape index (κ3) is 3.75. The number of hydrogen-bond acceptors (Lipinski definition) is 6. The smallest absolute Gasteiger partial charge is 0.263 e. The summed E-state index contributed by atoms with van der Waals surface area (Å²) in [5.74, 6) is -0.466. The third-order valence-electron chi connectivity index (χ3n) is 5.05. The number of carbonyl (C=O) groups is 2. The molecule has 7 nitrogen and oxygen atoms in total. The molecule has 2 amide bonds. The summed E-state index contributed by atoms with van der Waals surface area (Å²) in [6.07, 6.45) is 2.39. The van der Waals surface area contributed by atoms with Crippen LogP contribution in [0.5, 0.6) is 0 Å². The molecular formula is C18H24N4O3S2. The minimum Gasteiger partial charge on any atom is -0.368 e. The molecule has 1 atom stereocenters. The molecule has 0 aromatic carbocycles. The monoisotopic (exact) mass is 408 g/mol. The molecule has 0 aliphatic carbocycles. The Bertz CT molecular complexity index is 950. The lowest BCUT2D eigenvalue weighted by atomic mass is 10.0. The van der Waals surface area contributed by atoms with Gasteiger partial charge >= 0.3 is 0 Å². The quantitative estimate of drug-likeness (QED) is 0.603. The number of primary amides is 1. The molecule has 2 aromatic rings. The summed E-state index contributed by atoms with van der Waals surface area (Å²) < 4.78 is 1.61. The van der Waals surface area contributed by atoms with E-state index in [4.69, 9.17) is 5.73 Å². The van der Waals surface area contributed by atoms with Crippen molar-refractivity contribution >= 4 is 45.1 Å². The highest BCUT2D eigenvalue weighted by Gasteiger charge is 2.30. The van der Waals surface area contributed by atoms with E-state index in [9.17, 15) is 14.4 Å². The molecule has 0 spiro atoms. The molecule has 1 fully saturated rings. The summed E-state index contributed by atoms with van der Waals surface area (Å²) in [5.41, 5.74) is 6.36. The minimum atomic E-state index is -0.529. The van der Waals surface area contributed by atoms with Crippen LogP contribution in [0.2, 0.25) is 0 Å². The first-order valence-corrected chi connectivity index (χ1v) is 10.9. The number of piperidine rings is 1. The molecule has 1 aliphatic heterocycles. The minimum absolute atomic E-state index is 0.0627. The maximum atomic E-state index is 12.9. The zero-order valence-electron chi connectivity index (χ0n) is 15.8. The van der Waals surface area contributed by atoms with Crippen LogP contribution in [0, 0.1) is 13.8 Å². The fraction of sp³-hybridized carbons (Fsp3) is 0.556. The van der Waals surface area contributed by atoms with Crippen molar-refractivity contribution in [1.29, 1.82) is 0 Å². The van der Waals surface area contributed by atoms with E-state index in [-0.39, 0.29) is 17.2 Å². The Balaban J connectivity index is 1.85. The first-order valence-electron chi connectivity index (χ1n) is 9.07. The van der Waals surface area contributed by atoms with Crippen LogP contribution in [-0.4, -0.2) is 44.6 Å². The molecule has 0 saturated carbocycles. The number of nitrogens with zero attached hydrogens (tertiary/aromatic N) is 3. The average molecular weight is 409 g/mol. The van der Waals surface area contributed by atoms with E-state index in [0.29, 0.717) is 34.9 Å². The molecular weight excluding hydrogens is 384 g/mol. The molecule has 0 bridgehead atoms. The van der Waals surface area contributed by atoms with Crippen LogP contribution >= 0.6 is 23.1 Å². The van der Waals surface area contributed by atoms with Gasteiger partial charge in [0.05, 0.1) is 11.1 Å². The van der Waals surface area contributed by atoms with Crippen molar-refractivity contribution in [1.82, 2.24) is 14.5 Å². The van der Waals surface area contributed by atoms with E-state index < -0.39 is 11.9 Å². The van der Waals surface area contributed by atoms with Crippen molar-refractivity contribution in [3.05, 3.63) is 20.8 Å². The summed E-state index contributed by atoms with van der Waals surface area (Å²) in [7, 11) is 0. The Hall–Kier alpha value is -1.87. The van der Waals surface area contributed by atoms with Gasteiger partial charge in [0.1, 0.15) is 10.9 Å². The zero-order valence-corrected chi connectivity index (χ0v) is 17.4. The van der Waals surface area contributed by atoms with E-state index in [1.807, 2.05) is 20.8 Å². The molecule has 1 aliphatic rings. The number of nitrogens with two attached hydrogens (primary N) is 1. The molecule has 3 heterocycles. The average Bonchev–Trinajstić information content (AvgIpc) is 2.93.